The molecule has 28 heavy (non-hydrogen) atoms. The van der Waals surface area contributed by atoms with Crippen LogP contribution in [0.4, 0.5) is 0 Å². The van der Waals surface area contributed by atoms with Gasteiger partial charge in [-0.25, -0.2) is 4.98 Å². The molecule has 0 saturated carbocycles. The van der Waals surface area contributed by atoms with E-state index in [1.807, 2.05) is 42.5 Å². The Bertz CT molecular complexity index is 984. The van der Waals surface area contributed by atoms with Crippen molar-refractivity contribution in [2.24, 2.45) is 13.0 Å². The average Bonchev–Trinajstić information content (AvgIpc) is 3.30. The highest BCUT2D eigenvalue weighted by Gasteiger charge is 2.26. The number of rotatable bonds is 4. The lowest BCUT2D eigenvalue weighted by atomic mass is 10.1. The summed E-state index contributed by atoms with van der Waals surface area (Å²) >= 11 is 1.64. The highest BCUT2D eigenvalue weighted by molar-refractivity contribution is 7.13. The van der Waals surface area contributed by atoms with Crippen molar-refractivity contribution in [3.8, 4) is 10.6 Å². The number of hydrogen-bond acceptors (Lipinski definition) is 5. The number of amides is 1. The van der Waals surface area contributed by atoms with Crippen LogP contribution in [0.3, 0.4) is 0 Å². The van der Waals surface area contributed by atoms with E-state index < -0.39 is 0 Å². The Morgan fingerprint density at radius 1 is 1.25 bits per heavy atom. The van der Waals surface area contributed by atoms with Crippen LogP contribution in [0.25, 0.3) is 21.6 Å². The van der Waals surface area contributed by atoms with Gasteiger partial charge < -0.3 is 4.90 Å². The van der Waals surface area contributed by atoms with Crippen molar-refractivity contribution >= 4 is 28.3 Å². The Hall–Kier alpha value is -2.25. The van der Waals surface area contributed by atoms with Gasteiger partial charge in [-0.3, -0.25) is 14.4 Å². The number of carbonyl (C=O) groups is 1. The normalized spacial score (nSPS) is 15.7. The third-order valence-corrected chi connectivity index (χ3v) is 6.15. The topological polar surface area (TPSA) is 54.3 Å². The van der Waals surface area contributed by atoms with Gasteiger partial charge >= 0.3 is 0 Å². The molecule has 3 aromatic rings. The quantitative estimate of drug-likeness (QED) is 0.677. The Morgan fingerprint density at radius 3 is 2.64 bits per heavy atom. The maximum atomic E-state index is 13.5. The van der Waals surface area contributed by atoms with E-state index in [-0.39, 0.29) is 5.91 Å². The second-order valence-corrected chi connectivity index (χ2v) is 8.87. The summed E-state index contributed by atoms with van der Waals surface area (Å²) in [7, 11) is 1.89. The lowest BCUT2D eigenvalue weighted by molar-refractivity contribution is 0.0625. The molecule has 6 nitrogen and oxygen atoms in total. The van der Waals surface area contributed by atoms with E-state index >= 15 is 0 Å². The van der Waals surface area contributed by atoms with Crippen LogP contribution >= 0.6 is 11.3 Å². The highest BCUT2D eigenvalue weighted by Crippen LogP contribution is 2.30. The largest absolute Gasteiger partial charge is 0.336 e. The molecule has 1 aliphatic rings. The van der Waals surface area contributed by atoms with Gasteiger partial charge in [0.15, 0.2) is 5.65 Å². The van der Waals surface area contributed by atoms with Crippen LogP contribution in [0.1, 0.15) is 29.9 Å². The first-order chi connectivity index (χ1) is 13.4. The molecule has 0 unspecified atom stereocenters. The van der Waals surface area contributed by atoms with Crippen molar-refractivity contribution < 1.29 is 4.79 Å². The molecule has 0 atom stereocenters. The smallest absolute Gasteiger partial charge is 0.254 e. The Labute approximate surface area is 169 Å². The Morgan fingerprint density at radius 2 is 2.00 bits per heavy atom. The molecule has 4 rings (SSSR count). The van der Waals surface area contributed by atoms with Gasteiger partial charge in [0, 0.05) is 39.8 Å². The second kappa shape index (κ2) is 7.64. The van der Waals surface area contributed by atoms with Crippen molar-refractivity contribution in [1.82, 2.24) is 24.6 Å². The summed E-state index contributed by atoms with van der Waals surface area (Å²) in [4.78, 5) is 23.8. The van der Waals surface area contributed by atoms with E-state index in [0.717, 1.165) is 65.6 Å². The van der Waals surface area contributed by atoms with E-state index in [1.165, 1.54) is 0 Å². The van der Waals surface area contributed by atoms with Crippen LogP contribution in [0, 0.1) is 12.8 Å². The minimum absolute atomic E-state index is 0.0884. The Balaban J connectivity index is 1.68. The summed E-state index contributed by atoms with van der Waals surface area (Å²) in [6, 6.07) is 6.00. The maximum Gasteiger partial charge on any atom is 0.254 e. The van der Waals surface area contributed by atoms with Gasteiger partial charge in [-0.2, -0.15) is 5.10 Å². The summed E-state index contributed by atoms with van der Waals surface area (Å²) < 4.78 is 1.78. The monoisotopic (exact) mass is 397 g/mol. The highest BCUT2D eigenvalue weighted by atomic mass is 32.1. The molecular formula is C21H27N5OS. The summed E-state index contributed by atoms with van der Waals surface area (Å²) in [6.45, 7) is 10.9. The Kier molecular flexibility index (Phi) is 5.21. The SMILES string of the molecule is Cc1nn(C)c2nc(-c3cccs3)cc(C(=O)N3CCN(CC(C)C)CC3)c12. The molecule has 148 valence electrons. The number of piperazine rings is 1. The summed E-state index contributed by atoms with van der Waals surface area (Å²) in [5.41, 5.74) is 3.18. The van der Waals surface area contributed by atoms with Gasteiger partial charge in [-0.05, 0) is 30.4 Å². The molecular weight excluding hydrogens is 370 g/mol. The molecule has 1 aliphatic heterocycles. The molecule has 0 radical (unpaired) electrons. The predicted molar refractivity (Wildman–Crippen MR) is 114 cm³/mol. The van der Waals surface area contributed by atoms with Crippen molar-refractivity contribution in [3.05, 3.63) is 34.8 Å². The fraction of sp³-hybridized carbons (Fsp3) is 0.476. The maximum absolute atomic E-state index is 13.5. The lowest BCUT2D eigenvalue weighted by Gasteiger charge is -2.35. The number of carbonyl (C=O) groups excluding carboxylic acids is 1. The molecule has 1 fully saturated rings. The molecule has 1 amide bonds. The van der Waals surface area contributed by atoms with Gasteiger partial charge in [0.1, 0.15) is 0 Å². The van der Waals surface area contributed by atoms with Crippen molar-refractivity contribution in [2.45, 2.75) is 20.8 Å². The van der Waals surface area contributed by atoms with E-state index in [9.17, 15) is 4.79 Å². The lowest BCUT2D eigenvalue weighted by Crippen LogP contribution is -2.49. The molecule has 1 saturated heterocycles. The molecule has 0 spiro atoms. The van der Waals surface area contributed by atoms with Crippen molar-refractivity contribution in [1.29, 1.82) is 0 Å². The fourth-order valence-corrected chi connectivity index (χ4v) is 4.67. The first kappa shape index (κ1) is 19.1. The van der Waals surface area contributed by atoms with Crippen LogP contribution in [-0.2, 0) is 7.05 Å². The van der Waals surface area contributed by atoms with E-state index in [4.69, 9.17) is 4.98 Å². The molecule has 3 aromatic heterocycles. The molecule has 0 N–H and O–H groups in total. The van der Waals surface area contributed by atoms with Crippen LogP contribution in [0.2, 0.25) is 0 Å². The van der Waals surface area contributed by atoms with Gasteiger partial charge in [0.25, 0.3) is 5.91 Å². The van der Waals surface area contributed by atoms with Gasteiger partial charge in [-0.15, -0.1) is 11.3 Å². The van der Waals surface area contributed by atoms with E-state index in [1.54, 1.807) is 16.0 Å². The van der Waals surface area contributed by atoms with E-state index in [2.05, 4.69) is 23.8 Å². The average molecular weight is 398 g/mol. The number of hydrogen-bond donors (Lipinski definition) is 0. The first-order valence-corrected chi connectivity index (χ1v) is 10.7. The summed E-state index contributed by atoms with van der Waals surface area (Å²) in [5.74, 6) is 0.735. The number of aromatic nitrogens is 3. The zero-order valence-corrected chi connectivity index (χ0v) is 17.8. The standard InChI is InChI=1S/C21H27N5OS/c1-14(2)13-25-7-9-26(10-8-25)21(27)16-12-17(18-6-5-11-28-18)22-20-19(16)15(3)23-24(20)4/h5-6,11-12,14H,7-10,13H2,1-4H3. The predicted octanol–water partition coefficient (Wildman–Crippen LogP) is 3.42. The van der Waals surface area contributed by atoms with Crippen LogP contribution in [0.5, 0.6) is 0 Å². The minimum atomic E-state index is 0.0884. The van der Waals surface area contributed by atoms with Crippen molar-refractivity contribution in [2.75, 3.05) is 32.7 Å². The second-order valence-electron chi connectivity index (χ2n) is 7.93. The number of nitrogens with zero attached hydrogens (tertiary/aromatic N) is 5. The van der Waals surface area contributed by atoms with Gasteiger partial charge in [-0.1, -0.05) is 19.9 Å². The van der Waals surface area contributed by atoms with Gasteiger partial charge in [0.05, 0.1) is 27.2 Å². The fourth-order valence-electron chi connectivity index (χ4n) is 3.98. The molecule has 0 aliphatic carbocycles. The third kappa shape index (κ3) is 3.56. The molecule has 0 aromatic carbocycles. The first-order valence-electron chi connectivity index (χ1n) is 9.84. The number of thiophene rings is 1. The van der Waals surface area contributed by atoms with Crippen LogP contribution < -0.4 is 0 Å². The number of aryl methyl sites for hydroxylation is 2. The van der Waals surface area contributed by atoms with Crippen molar-refractivity contribution in [3.63, 3.8) is 0 Å². The third-order valence-electron chi connectivity index (χ3n) is 5.26. The zero-order valence-electron chi connectivity index (χ0n) is 17.0. The summed E-state index contributed by atoms with van der Waals surface area (Å²) in [6.07, 6.45) is 0. The van der Waals surface area contributed by atoms with Crippen LogP contribution in [-0.4, -0.2) is 63.2 Å². The van der Waals surface area contributed by atoms with Gasteiger partial charge in [0.2, 0.25) is 0 Å². The molecule has 7 heteroatoms. The molecule has 4 heterocycles. The molecule has 0 bridgehead atoms. The van der Waals surface area contributed by atoms with E-state index in [0.29, 0.717) is 5.92 Å². The number of fused-ring (bicyclic) bond motifs is 1. The van der Waals surface area contributed by atoms with Crippen LogP contribution in [0.15, 0.2) is 23.6 Å². The summed E-state index contributed by atoms with van der Waals surface area (Å²) in [5, 5.41) is 7.43. The number of pyridine rings is 1. The zero-order chi connectivity index (χ0) is 19.8. The minimum Gasteiger partial charge on any atom is -0.336 e.